The summed E-state index contributed by atoms with van der Waals surface area (Å²) in [5, 5.41) is 8.59. The zero-order chi connectivity index (χ0) is 25.6. The van der Waals surface area contributed by atoms with E-state index in [9.17, 15) is 0 Å². The normalized spacial score (nSPS) is 13.8. The molecule has 37 heavy (non-hydrogen) atoms. The number of carbonyl (C=O) groups is 1. The van der Waals surface area contributed by atoms with Gasteiger partial charge >= 0.3 is 0 Å². The maximum absolute atomic E-state index is 8.36. The van der Waals surface area contributed by atoms with Gasteiger partial charge in [-0.25, -0.2) is 4.98 Å². The average molecular weight is 519 g/mol. The van der Waals surface area contributed by atoms with Crippen molar-refractivity contribution in [2.24, 2.45) is 0 Å². The first-order valence-corrected chi connectivity index (χ1v) is 12.6. The molecule has 1 aliphatic rings. The molecule has 1 saturated heterocycles. The lowest BCUT2D eigenvalue weighted by Crippen LogP contribution is -2.45. The number of carboxylic acid groups (broad SMARTS) is 1. The van der Waals surface area contributed by atoms with Gasteiger partial charge in [0.1, 0.15) is 17.1 Å². The molecule has 4 heterocycles. The number of rotatable bonds is 6. The lowest BCUT2D eigenvalue weighted by molar-refractivity contribution is -0.122. The van der Waals surface area contributed by atoms with Gasteiger partial charge in [-0.15, -0.1) is 0 Å². The van der Waals surface area contributed by atoms with Gasteiger partial charge in [-0.1, -0.05) is 11.3 Å². The van der Waals surface area contributed by atoms with Crippen molar-refractivity contribution in [1.29, 1.82) is 0 Å². The van der Waals surface area contributed by atoms with Crippen LogP contribution in [-0.4, -0.2) is 59.7 Å². The highest BCUT2D eigenvalue weighted by atomic mass is 32.1. The molecule has 1 aliphatic heterocycles. The molecule has 9 nitrogen and oxygen atoms in total. The van der Waals surface area contributed by atoms with Crippen LogP contribution in [0, 0.1) is 0 Å². The molecule has 0 saturated carbocycles. The summed E-state index contributed by atoms with van der Waals surface area (Å²) in [6.45, 7) is 4.62. The average Bonchev–Trinajstić information content (AvgIpc) is 3.53. The second-order valence-corrected chi connectivity index (χ2v) is 9.39. The van der Waals surface area contributed by atoms with Crippen LogP contribution in [0.25, 0.3) is 21.3 Å². The summed E-state index contributed by atoms with van der Waals surface area (Å²) in [6, 6.07) is 18.2. The first-order valence-electron chi connectivity index (χ1n) is 11.8. The van der Waals surface area contributed by atoms with Crippen LogP contribution >= 0.6 is 11.3 Å². The van der Waals surface area contributed by atoms with E-state index in [1.165, 1.54) is 22.6 Å². The first-order chi connectivity index (χ1) is 18.2. The summed E-state index contributed by atoms with van der Waals surface area (Å²) >= 11 is 1.48. The number of hydrogen-bond acceptors (Lipinski definition) is 9. The minimum absolute atomic E-state index is 0.250. The number of benzene rings is 2. The van der Waals surface area contributed by atoms with Crippen LogP contribution in [0.5, 0.6) is 16.7 Å². The summed E-state index contributed by atoms with van der Waals surface area (Å²) in [7, 11) is 1.70. The number of ether oxygens (including phenoxy) is 2. The zero-order valence-electron chi connectivity index (χ0n) is 20.2. The van der Waals surface area contributed by atoms with Crippen molar-refractivity contribution in [1.82, 2.24) is 14.9 Å². The van der Waals surface area contributed by atoms with Crippen molar-refractivity contribution in [3.8, 4) is 16.7 Å². The van der Waals surface area contributed by atoms with E-state index in [1.807, 2.05) is 42.7 Å². The Hall–Kier alpha value is -4.15. The van der Waals surface area contributed by atoms with E-state index < -0.39 is 0 Å². The van der Waals surface area contributed by atoms with Crippen molar-refractivity contribution in [3.63, 3.8) is 0 Å². The van der Waals surface area contributed by atoms with Gasteiger partial charge in [-0.05, 0) is 48.5 Å². The molecule has 1 N–H and O–H groups in total. The summed E-state index contributed by atoms with van der Waals surface area (Å²) in [6.07, 6.45) is 3.60. The minimum Gasteiger partial charge on any atom is -0.497 e. The van der Waals surface area contributed by atoms with E-state index >= 15 is 0 Å². The van der Waals surface area contributed by atoms with Gasteiger partial charge in [0.25, 0.3) is 11.7 Å². The molecule has 6 rings (SSSR count). The highest BCUT2D eigenvalue weighted by Crippen LogP contribution is 2.33. The van der Waals surface area contributed by atoms with Crippen molar-refractivity contribution < 1.29 is 23.8 Å². The Morgan fingerprint density at radius 1 is 1.08 bits per heavy atom. The Kier molecular flexibility index (Phi) is 7.48. The molecule has 0 atom stereocenters. The molecule has 0 amide bonds. The Morgan fingerprint density at radius 2 is 1.84 bits per heavy atom. The van der Waals surface area contributed by atoms with E-state index in [0.29, 0.717) is 16.6 Å². The zero-order valence-corrected chi connectivity index (χ0v) is 21.1. The van der Waals surface area contributed by atoms with Gasteiger partial charge < -0.3 is 23.9 Å². The molecule has 0 spiro atoms. The summed E-state index contributed by atoms with van der Waals surface area (Å²) in [5.74, 6) is 1.60. The lowest BCUT2D eigenvalue weighted by Gasteiger charge is -2.36. The number of fused-ring (bicyclic) bond motifs is 2. The van der Waals surface area contributed by atoms with Gasteiger partial charge in [-0.3, -0.25) is 9.69 Å². The molecule has 0 bridgehead atoms. The lowest BCUT2D eigenvalue weighted by atomic mass is 10.1. The predicted molar refractivity (Wildman–Crippen MR) is 143 cm³/mol. The Labute approximate surface area is 217 Å². The number of pyridine rings is 1. The molecule has 190 valence electrons. The molecule has 0 aliphatic carbocycles. The minimum atomic E-state index is -0.250. The fraction of sp³-hybridized carbons (Fsp3) is 0.222. The quantitative estimate of drug-likeness (QED) is 0.302. The van der Waals surface area contributed by atoms with Crippen LogP contribution in [0.3, 0.4) is 0 Å². The number of methoxy groups -OCH3 is 1. The van der Waals surface area contributed by atoms with Crippen LogP contribution in [0.2, 0.25) is 0 Å². The number of anilines is 1. The first kappa shape index (κ1) is 24.5. The van der Waals surface area contributed by atoms with Crippen LogP contribution in [0.15, 0.2) is 71.5 Å². The molecular formula is C27H26N4O5S. The number of piperazine rings is 1. The van der Waals surface area contributed by atoms with Crippen molar-refractivity contribution >= 4 is 44.8 Å². The van der Waals surface area contributed by atoms with Gasteiger partial charge in [0.15, 0.2) is 5.65 Å². The second-order valence-electron chi connectivity index (χ2n) is 8.39. The van der Waals surface area contributed by atoms with Crippen molar-refractivity contribution in [2.75, 3.05) is 38.2 Å². The van der Waals surface area contributed by atoms with Crippen LogP contribution in [0.1, 0.15) is 5.56 Å². The molecule has 5 aromatic rings. The number of aromatic nitrogens is 2. The number of nitrogens with zero attached hydrogens (tertiary/aromatic N) is 4. The van der Waals surface area contributed by atoms with Gasteiger partial charge in [0.2, 0.25) is 0 Å². The summed E-state index contributed by atoms with van der Waals surface area (Å²) in [5.41, 5.74) is 3.97. The fourth-order valence-corrected chi connectivity index (χ4v) is 5.14. The maximum Gasteiger partial charge on any atom is 0.290 e. The van der Waals surface area contributed by atoms with Crippen molar-refractivity contribution in [3.05, 3.63) is 72.6 Å². The van der Waals surface area contributed by atoms with E-state index in [4.69, 9.17) is 23.8 Å². The highest BCUT2D eigenvalue weighted by Gasteiger charge is 2.19. The largest absolute Gasteiger partial charge is 0.497 e. The summed E-state index contributed by atoms with van der Waals surface area (Å²) in [4.78, 5) is 22.0. The van der Waals surface area contributed by atoms with Gasteiger partial charge in [0, 0.05) is 61.6 Å². The van der Waals surface area contributed by atoms with Crippen LogP contribution in [0.4, 0.5) is 5.69 Å². The standard InChI is InChI=1S/C26H24N4O3S.CH2O2/c1-31-20-6-4-19(5-7-20)30-13-11-29(12-14-30)16-18-17-32-23-15-21(8-9-22(18)23)33-26-28-25-24(34-26)3-2-10-27-25;2-1-3/h2-10,15,17H,11-14,16H2,1H3;1H,(H,2,3). The predicted octanol–water partition coefficient (Wildman–Crippen LogP) is 5.26. The third kappa shape index (κ3) is 5.65. The van der Waals surface area contributed by atoms with E-state index in [-0.39, 0.29) is 6.47 Å². The fourth-order valence-electron chi connectivity index (χ4n) is 4.34. The van der Waals surface area contributed by atoms with E-state index in [2.05, 4.69) is 38.0 Å². The number of thiazole rings is 1. The van der Waals surface area contributed by atoms with E-state index in [0.717, 1.165) is 54.1 Å². The van der Waals surface area contributed by atoms with Crippen LogP contribution < -0.4 is 14.4 Å². The Morgan fingerprint density at radius 3 is 2.57 bits per heavy atom. The molecular weight excluding hydrogens is 492 g/mol. The third-order valence-corrected chi connectivity index (χ3v) is 7.07. The molecule has 2 aromatic carbocycles. The number of hydrogen-bond donors (Lipinski definition) is 1. The molecule has 10 heteroatoms. The molecule has 0 unspecified atom stereocenters. The highest BCUT2D eigenvalue weighted by molar-refractivity contribution is 7.20. The van der Waals surface area contributed by atoms with Crippen LogP contribution in [-0.2, 0) is 11.3 Å². The Bertz CT molecular complexity index is 1440. The maximum atomic E-state index is 8.36. The SMILES string of the molecule is COc1ccc(N2CCN(Cc3coc4cc(Oc5nc6ncccc6s5)ccc34)CC2)cc1.O=CO. The smallest absolute Gasteiger partial charge is 0.290 e. The van der Waals surface area contributed by atoms with Gasteiger partial charge in [-0.2, -0.15) is 4.98 Å². The third-order valence-electron chi connectivity index (χ3n) is 6.18. The Balaban J connectivity index is 0.000000892. The van der Waals surface area contributed by atoms with Crippen molar-refractivity contribution in [2.45, 2.75) is 6.54 Å². The molecule has 3 aromatic heterocycles. The monoisotopic (exact) mass is 518 g/mol. The topological polar surface area (TPSA) is 101 Å². The van der Waals surface area contributed by atoms with Gasteiger partial charge in [0.05, 0.1) is 18.1 Å². The molecule has 1 fully saturated rings. The number of furan rings is 1. The summed E-state index contributed by atoms with van der Waals surface area (Å²) < 4.78 is 18.1. The second kappa shape index (κ2) is 11.3. The molecule has 0 radical (unpaired) electrons. The van der Waals surface area contributed by atoms with E-state index in [1.54, 1.807) is 13.3 Å².